The van der Waals surface area contributed by atoms with Crippen LogP contribution < -0.4 is 0 Å². The Bertz CT molecular complexity index is 672. The molecule has 0 saturated carbocycles. The molecule has 0 amide bonds. The van der Waals surface area contributed by atoms with Gasteiger partial charge in [-0.3, -0.25) is 0 Å². The maximum absolute atomic E-state index is 6.79. The minimum Gasteiger partial charge on any atom is -0.345 e. The lowest BCUT2D eigenvalue weighted by molar-refractivity contribution is -0.264. The van der Waals surface area contributed by atoms with Crippen molar-refractivity contribution >= 4 is 0 Å². The van der Waals surface area contributed by atoms with E-state index in [0.29, 0.717) is 0 Å². The molecule has 0 bridgehead atoms. The molecule has 178 valence electrons. The Balaban J connectivity index is 2.38. The van der Waals surface area contributed by atoms with E-state index in [2.05, 4.69) is 81.4 Å². The molecule has 2 aromatic rings. The van der Waals surface area contributed by atoms with Gasteiger partial charge in [0.25, 0.3) is 0 Å². The van der Waals surface area contributed by atoms with E-state index in [1.807, 2.05) is 0 Å². The first-order valence-corrected chi connectivity index (χ1v) is 13.2. The number of ether oxygens (including phenoxy) is 2. The van der Waals surface area contributed by atoms with Crippen LogP contribution in [0.5, 0.6) is 0 Å². The van der Waals surface area contributed by atoms with Crippen molar-refractivity contribution in [3.63, 3.8) is 0 Å². The highest BCUT2D eigenvalue weighted by atomic mass is 16.7. The van der Waals surface area contributed by atoms with Gasteiger partial charge >= 0.3 is 0 Å². The first kappa shape index (κ1) is 26.6. The quantitative estimate of drug-likeness (QED) is 0.171. The van der Waals surface area contributed by atoms with Gasteiger partial charge in [-0.1, -0.05) is 133 Å². The van der Waals surface area contributed by atoms with Crippen LogP contribution in [0.15, 0.2) is 60.7 Å². The van der Waals surface area contributed by atoms with Crippen molar-refractivity contribution in [1.29, 1.82) is 0 Å². The Labute approximate surface area is 197 Å². The lowest BCUT2D eigenvalue weighted by Crippen LogP contribution is -2.40. The highest BCUT2D eigenvalue weighted by molar-refractivity contribution is 5.30. The largest absolute Gasteiger partial charge is 0.345 e. The number of rotatable bonds is 18. The van der Waals surface area contributed by atoms with Crippen LogP contribution in [0.1, 0.15) is 108 Å². The third-order valence-corrected chi connectivity index (χ3v) is 6.31. The van der Waals surface area contributed by atoms with Gasteiger partial charge in [-0.2, -0.15) is 0 Å². The monoisotopic (exact) mass is 438 g/mol. The molecule has 1 atom stereocenters. The molecule has 0 N–H and O–H groups in total. The van der Waals surface area contributed by atoms with E-state index in [4.69, 9.17) is 9.47 Å². The Morgan fingerprint density at radius 2 is 1.09 bits per heavy atom. The number of benzene rings is 2. The van der Waals surface area contributed by atoms with Gasteiger partial charge in [-0.25, -0.2) is 0 Å². The van der Waals surface area contributed by atoms with E-state index >= 15 is 0 Å². The third-order valence-electron chi connectivity index (χ3n) is 6.31. The molecule has 2 nitrogen and oxygen atoms in total. The Hall–Kier alpha value is -1.64. The fourth-order valence-electron chi connectivity index (χ4n) is 4.41. The summed E-state index contributed by atoms with van der Waals surface area (Å²) in [5.41, 5.74) is 2.46. The molecule has 0 aliphatic rings. The van der Waals surface area contributed by atoms with Crippen molar-refractivity contribution in [2.75, 3.05) is 13.2 Å². The first-order valence-electron chi connectivity index (χ1n) is 13.2. The number of hydrogen-bond acceptors (Lipinski definition) is 2. The fraction of sp³-hybridized carbons (Fsp3) is 0.600. The fourth-order valence-corrected chi connectivity index (χ4v) is 4.41. The van der Waals surface area contributed by atoms with E-state index in [1.165, 1.54) is 44.1 Å². The van der Waals surface area contributed by atoms with Crippen LogP contribution >= 0.6 is 0 Å². The van der Waals surface area contributed by atoms with Crippen LogP contribution in [0.3, 0.4) is 0 Å². The molecule has 0 heterocycles. The molecular formula is C30H46O2. The molecule has 0 aromatic heterocycles. The minimum atomic E-state index is -0.740. The van der Waals surface area contributed by atoms with E-state index < -0.39 is 5.79 Å². The summed E-state index contributed by atoms with van der Waals surface area (Å²) in [5.74, 6) is -0.567. The molecule has 2 heteroatoms. The zero-order valence-corrected chi connectivity index (χ0v) is 20.9. The summed E-state index contributed by atoms with van der Waals surface area (Å²) in [6, 6.07) is 21.6. The Morgan fingerprint density at radius 1 is 0.594 bits per heavy atom. The van der Waals surface area contributed by atoms with Crippen LogP contribution in [0.4, 0.5) is 0 Å². The normalized spacial score (nSPS) is 12.7. The van der Waals surface area contributed by atoms with Gasteiger partial charge in [0.1, 0.15) is 0 Å². The van der Waals surface area contributed by atoms with Crippen LogP contribution in [0.2, 0.25) is 0 Å². The summed E-state index contributed by atoms with van der Waals surface area (Å²) in [6.45, 7) is 8.16. The van der Waals surface area contributed by atoms with Gasteiger partial charge in [0.15, 0.2) is 0 Å². The lowest BCUT2D eigenvalue weighted by Gasteiger charge is -2.41. The predicted molar refractivity (Wildman–Crippen MR) is 137 cm³/mol. The summed E-state index contributed by atoms with van der Waals surface area (Å²) in [7, 11) is 0. The lowest BCUT2D eigenvalue weighted by atomic mass is 9.81. The summed E-state index contributed by atoms with van der Waals surface area (Å²) in [6.07, 6.45) is 13.2. The summed E-state index contributed by atoms with van der Waals surface area (Å²) < 4.78 is 13.6. The maximum atomic E-state index is 6.79. The molecule has 0 saturated heterocycles. The zero-order chi connectivity index (χ0) is 22.9. The first-order chi connectivity index (χ1) is 15.8. The van der Waals surface area contributed by atoms with Gasteiger partial charge in [-0.15, -0.1) is 0 Å². The van der Waals surface area contributed by atoms with E-state index in [0.717, 1.165) is 50.9 Å². The van der Waals surface area contributed by atoms with Gasteiger partial charge in [0.2, 0.25) is 5.79 Å². The number of hydrogen-bond donors (Lipinski definition) is 0. The molecule has 0 aliphatic carbocycles. The Morgan fingerprint density at radius 3 is 1.66 bits per heavy atom. The zero-order valence-electron chi connectivity index (χ0n) is 20.9. The molecule has 2 aromatic carbocycles. The third kappa shape index (κ3) is 8.37. The molecule has 0 radical (unpaired) electrons. The highest BCUT2D eigenvalue weighted by Gasteiger charge is 2.43. The molecule has 0 spiro atoms. The van der Waals surface area contributed by atoms with Crippen molar-refractivity contribution < 1.29 is 9.47 Å². The van der Waals surface area contributed by atoms with Crippen molar-refractivity contribution in [3.8, 4) is 0 Å². The average molecular weight is 439 g/mol. The minimum absolute atomic E-state index is 0.172. The summed E-state index contributed by atoms with van der Waals surface area (Å²) in [5, 5.41) is 0. The van der Waals surface area contributed by atoms with Gasteiger partial charge in [-0.05, 0) is 24.8 Å². The van der Waals surface area contributed by atoms with Crippen molar-refractivity contribution in [3.05, 3.63) is 71.8 Å². The van der Waals surface area contributed by atoms with E-state index in [1.54, 1.807) is 0 Å². The van der Waals surface area contributed by atoms with Crippen LogP contribution in [0.25, 0.3) is 0 Å². The van der Waals surface area contributed by atoms with E-state index in [9.17, 15) is 0 Å². The van der Waals surface area contributed by atoms with Gasteiger partial charge in [0.05, 0.1) is 13.2 Å². The molecule has 2 rings (SSSR count). The Kier molecular flexibility index (Phi) is 13.3. The van der Waals surface area contributed by atoms with Crippen molar-refractivity contribution in [2.45, 2.75) is 103 Å². The number of unbranched alkanes of at least 4 members (excludes halogenated alkanes) is 7. The standard InChI is InChI=1S/C30H46O2/c1-4-7-10-11-12-19-24-29(27-20-15-13-16-21-27)30(31-25-8-5-2,32-26-9-6-3)28-22-17-14-18-23-28/h13-18,20-23,29H,4-12,19,24-26H2,1-3H3. The van der Waals surface area contributed by atoms with Crippen LogP contribution in [-0.2, 0) is 15.3 Å². The summed E-state index contributed by atoms with van der Waals surface area (Å²) in [4.78, 5) is 0. The molecule has 0 aliphatic heterocycles. The molecular weight excluding hydrogens is 392 g/mol. The van der Waals surface area contributed by atoms with Crippen LogP contribution in [-0.4, -0.2) is 13.2 Å². The van der Waals surface area contributed by atoms with Gasteiger partial charge < -0.3 is 9.47 Å². The average Bonchev–Trinajstić information content (AvgIpc) is 2.84. The summed E-state index contributed by atoms with van der Waals surface area (Å²) >= 11 is 0. The highest BCUT2D eigenvalue weighted by Crippen LogP contribution is 2.45. The second-order valence-electron chi connectivity index (χ2n) is 8.96. The smallest absolute Gasteiger partial charge is 0.201 e. The topological polar surface area (TPSA) is 18.5 Å². The SMILES string of the molecule is CCCCCCCCC(c1ccccc1)C(OCCCC)(OCCCC)c1ccccc1. The second-order valence-corrected chi connectivity index (χ2v) is 8.96. The van der Waals surface area contributed by atoms with Crippen molar-refractivity contribution in [2.24, 2.45) is 0 Å². The van der Waals surface area contributed by atoms with E-state index in [-0.39, 0.29) is 5.92 Å². The predicted octanol–water partition coefficient (Wildman–Crippen LogP) is 9.01. The molecule has 1 unspecified atom stereocenters. The molecule has 32 heavy (non-hydrogen) atoms. The van der Waals surface area contributed by atoms with Gasteiger partial charge in [0, 0.05) is 11.5 Å². The molecule has 0 fully saturated rings. The van der Waals surface area contributed by atoms with Crippen molar-refractivity contribution in [1.82, 2.24) is 0 Å². The van der Waals surface area contributed by atoms with Crippen LogP contribution in [0, 0.1) is 0 Å². The second kappa shape index (κ2) is 16.0. The maximum Gasteiger partial charge on any atom is 0.201 e.